The molecule has 2 aromatic rings. The zero-order valence-electron chi connectivity index (χ0n) is 17.3. The molecular formula is C20H25N5O5S. The van der Waals surface area contributed by atoms with Crippen molar-refractivity contribution in [3.8, 4) is 5.88 Å². The zero-order chi connectivity index (χ0) is 21.8. The number of cyclic esters (lactones) is 1. The summed E-state index contributed by atoms with van der Waals surface area (Å²) >= 11 is 0. The quantitative estimate of drug-likeness (QED) is 0.761. The second kappa shape index (κ2) is 7.28. The molecule has 10 nitrogen and oxygen atoms in total. The first-order chi connectivity index (χ1) is 14.8. The Morgan fingerprint density at radius 3 is 2.71 bits per heavy atom. The first-order valence-corrected chi connectivity index (χ1v) is 11.9. The van der Waals surface area contributed by atoms with Gasteiger partial charge in [0.2, 0.25) is 5.88 Å². The number of amides is 1. The molecule has 31 heavy (non-hydrogen) atoms. The van der Waals surface area contributed by atoms with Gasteiger partial charge in [-0.15, -0.1) is 0 Å². The number of hydrogen-bond acceptors (Lipinski definition) is 7. The van der Waals surface area contributed by atoms with Crippen LogP contribution < -0.4 is 14.8 Å². The molecule has 1 amide bonds. The van der Waals surface area contributed by atoms with E-state index in [1.165, 1.54) is 4.31 Å². The number of carbonyl (C=O) groups is 1. The zero-order valence-corrected chi connectivity index (χ0v) is 18.1. The van der Waals surface area contributed by atoms with Gasteiger partial charge < -0.3 is 9.47 Å². The van der Waals surface area contributed by atoms with Crippen LogP contribution >= 0.6 is 0 Å². The highest BCUT2D eigenvalue weighted by molar-refractivity contribution is 7.86. The van der Waals surface area contributed by atoms with E-state index < -0.39 is 10.2 Å². The Morgan fingerprint density at radius 1 is 1.26 bits per heavy atom. The number of ether oxygens (including phenoxy) is 2. The Morgan fingerprint density at radius 2 is 2.03 bits per heavy atom. The van der Waals surface area contributed by atoms with E-state index >= 15 is 0 Å². The summed E-state index contributed by atoms with van der Waals surface area (Å²) in [6, 6.07) is 3.61. The number of nitrogens with two attached hydrogens (primary N) is 1. The molecule has 1 aliphatic carbocycles. The minimum atomic E-state index is -3.67. The highest BCUT2D eigenvalue weighted by atomic mass is 32.2. The lowest BCUT2D eigenvalue weighted by Gasteiger charge is -2.43. The monoisotopic (exact) mass is 447 g/mol. The summed E-state index contributed by atoms with van der Waals surface area (Å²) in [5.74, 6) is 0.463. The van der Waals surface area contributed by atoms with Crippen molar-refractivity contribution >= 4 is 33.0 Å². The fraction of sp³-hybridized carbons (Fsp3) is 0.550. The van der Waals surface area contributed by atoms with Crippen LogP contribution in [0.4, 0.5) is 10.5 Å². The van der Waals surface area contributed by atoms with Crippen LogP contribution in [-0.2, 0) is 21.6 Å². The van der Waals surface area contributed by atoms with Crippen LogP contribution in [0.1, 0.15) is 37.7 Å². The molecule has 3 aliphatic rings. The van der Waals surface area contributed by atoms with E-state index in [2.05, 4.69) is 9.97 Å². The van der Waals surface area contributed by atoms with E-state index in [0.29, 0.717) is 24.6 Å². The van der Waals surface area contributed by atoms with Crippen LogP contribution in [0.5, 0.6) is 5.88 Å². The molecule has 2 N–H and O–H groups in total. The standard InChI is InChI=1S/C20H25N5O5S/c1-29-16-3-2-15-17-13(10-22-18(15)23-16)11-30-19(26)25(17)14-4-6-20(7-5-14)8-9-24(12-20)31(21,27)28/h2-3,10,14H,4-9,11-12H2,1H3,(H2,21,27,28). The minimum Gasteiger partial charge on any atom is -0.481 e. The number of pyridine rings is 2. The van der Waals surface area contributed by atoms with Gasteiger partial charge in [-0.2, -0.15) is 17.7 Å². The first-order valence-electron chi connectivity index (χ1n) is 10.4. The van der Waals surface area contributed by atoms with Gasteiger partial charge in [0.15, 0.2) is 5.65 Å². The van der Waals surface area contributed by atoms with Crippen LogP contribution in [0.2, 0.25) is 0 Å². The number of methoxy groups -OCH3 is 1. The molecule has 166 valence electrons. The SMILES string of the molecule is COc1ccc2c3c(cnc2n1)COC(=O)N3C1CCC2(CC1)CCN(S(N)(=O)=O)C2. The Kier molecular flexibility index (Phi) is 4.79. The van der Waals surface area contributed by atoms with E-state index in [1.54, 1.807) is 24.3 Å². The fourth-order valence-corrected chi connectivity index (χ4v) is 6.02. The summed E-state index contributed by atoms with van der Waals surface area (Å²) in [5, 5.41) is 6.12. The highest BCUT2D eigenvalue weighted by Gasteiger charge is 2.46. The van der Waals surface area contributed by atoms with E-state index in [4.69, 9.17) is 14.6 Å². The predicted octanol–water partition coefficient (Wildman–Crippen LogP) is 1.93. The molecule has 2 fully saturated rings. The number of aromatic nitrogens is 2. The van der Waals surface area contributed by atoms with Crippen molar-refractivity contribution in [2.45, 2.75) is 44.8 Å². The Bertz CT molecular complexity index is 1150. The molecule has 2 aromatic heterocycles. The van der Waals surface area contributed by atoms with Gasteiger partial charge in [0.1, 0.15) is 6.61 Å². The first kappa shape index (κ1) is 20.4. The van der Waals surface area contributed by atoms with Gasteiger partial charge in [-0.1, -0.05) is 0 Å². The third kappa shape index (κ3) is 3.50. The highest BCUT2D eigenvalue weighted by Crippen LogP contribution is 2.47. The van der Waals surface area contributed by atoms with Crippen molar-refractivity contribution in [2.75, 3.05) is 25.1 Å². The minimum absolute atomic E-state index is 0.0339. The van der Waals surface area contributed by atoms with Gasteiger partial charge in [0.05, 0.1) is 12.8 Å². The molecule has 2 aliphatic heterocycles. The summed E-state index contributed by atoms with van der Waals surface area (Å²) in [5.41, 5.74) is 2.10. The fourth-order valence-electron chi connectivity index (χ4n) is 5.22. The van der Waals surface area contributed by atoms with Crippen LogP contribution in [0.15, 0.2) is 18.3 Å². The van der Waals surface area contributed by atoms with Crippen molar-refractivity contribution in [3.63, 3.8) is 0 Å². The molecule has 5 rings (SSSR count). The van der Waals surface area contributed by atoms with Crippen LogP contribution in [-0.4, -0.2) is 55.0 Å². The summed E-state index contributed by atoms with van der Waals surface area (Å²) < 4.78 is 35.5. The largest absolute Gasteiger partial charge is 0.481 e. The number of anilines is 1. The van der Waals surface area contributed by atoms with Crippen LogP contribution in [0, 0.1) is 5.41 Å². The lowest BCUT2D eigenvalue weighted by atomic mass is 9.71. The molecule has 1 spiro atoms. The predicted molar refractivity (Wildman–Crippen MR) is 113 cm³/mol. The Hall–Kier alpha value is -2.50. The molecule has 4 heterocycles. The summed E-state index contributed by atoms with van der Waals surface area (Å²) in [6.07, 6.45) is 5.33. The van der Waals surface area contributed by atoms with Gasteiger partial charge in [0.25, 0.3) is 10.2 Å². The number of fused-ring (bicyclic) bond motifs is 3. The van der Waals surface area contributed by atoms with Crippen molar-refractivity contribution in [3.05, 3.63) is 23.9 Å². The van der Waals surface area contributed by atoms with Gasteiger partial charge >= 0.3 is 6.09 Å². The van der Waals surface area contributed by atoms with Crippen molar-refractivity contribution in [1.82, 2.24) is 14.3 Å². The second-order valence-corrected chi connectivity index (χ2v) is 10.2. The van der Waals surface area contributed by atoms with Crippen molar-refractivity contribution in [1.29, 1.82) is 0 Å². The number of carbonyl (C=O) groups excluding carboxylic acids is 1. The molecular weight excluding hydrogens is 422 g/mol. The third-order valence-electron chi connectivity index (χ3n) is 6.89. The third-order valence-corrected chi connectivity index (χ3v) is 7.92. The summed E-state index contributed by atoms with van der Waals surface area (Å²) in [4.78, 5) is 23.4. The average molecular weight is 448 g/mol. The molecule has 11 heteroatoms. The summed E-state index contributed by atoms with van der Waals surface area (Å²) in [6.45, 7) is 1.09. The van der Waals surface area contributed by atoms with E-state index in [-0.39, 0.29) is 24.2 Å². The molecule has 0 unspecified atom stereocenters. The maximum absolute atomic E-state index is 12.9. The molecule has 1 saturated carbocycles. The van der Waals surface area contributed by atoms with Gasteiger partial charge in [-0.05, 0) is 43.6 Å². The number of rotatable bonds is 3. The van der Waals surface area contributed by atoms with Gasteiger partial charge in [-0.25, -0.2) is 14.9 Å². The van der Waals surface area contributed by atoms with E-state index in [1.807, 2.05) is 6.07 Å². The van der Waals surface area contributed by atoms with E-state index in [9.17, 15) is 13.2 Å². The Labute approximate surface area is 180 Å². The topological polar surface area (TPSA) is 128 Å². The van der Waals surface area contributed by atoms with Crippen LogP contribution in [0.3, 0.4) is 0 Å². The number of nitrogens with zero attached hydrogens (tertiary/aromatic N) is 4. The molecule has 0 aromatic carbocycles. The smallest absolute Gasteiger partial charge is 0.414 e. The lowest BCUT2D eigenvalue weighted by molar-refractivity contribution is 0.129. The van der Waals surface area contributed by atoms with Gasteiger partial charge in [0, 0.05) is 42.3 Å². The molecule has 0 radical (unpaired) electrons. The molecule has 1 saturated heterocycles. The molecule has 0 bridgehead atoms. The normalized spacial score (nSPS) is 26.8. The van der Waals surface area contributed by atoms with Gasteiger partial charge in [-0.3, -0.25) is 4.90 Å². The van der Waals surface area contributed by atoms with E-state index in [0.717, 1.165) is 48.7 Å². The van der Waals surface area contributed by atoms with Crippen molar-refractivity contribution in [2.24, 2.45) is 10.6 Å². The Balaban J connectivity index is 1.43. The maximum atomic E-state index is 12.9. The van der Waals surface area contributed by atoms with Crippen LogP contribution in [0.25, 0.3) is 11.0 Å². The number of hydrogen-bond donors (Lipinski definition) is 1. The maximum Gasteiger partial charge on any atom is 0.414 e. The average Bonchev–Trinajstić information content (AvgIpc) is 3.18. The second-order valence-electron chi connectivity index (χ2n) is 8.64. The summed E-state index contributed by atoms with van der Waals surface area (Å²) in [7, 11) is -2.12. The van der Waals surface area contributed by atoms with Crippen molar-refractivity contribution < 1.29 is 22.7 Å². The lowest BCUT2D eigenvalue weighted by Crippen LogP contribution is -2.47. The molecule has 0 atom stereocenters.